The third kappa shape index (κ3) is 4.87. The predicted octanol–water partition coefficient (Wildman–Crippen LogP) is 3.69. The highest BCUT2D eigenvalue weighted by Crippen LogP contribution is 2.25. The van der Waals surface area contributed by atoms with Gasteiger partial charge in [-0.25, -0.2) is 9.97 Å². The second kappa shape index (κ2) is 8.97. The fourth-order valence-electron chi connectivity index (χ4n) is 3.79. The van der Waals surface area contributed by atoms with Crippen molar-refractivity contribution in [2.75, 3.05) is 18.8 Å². The quantitative estimate of drug-likeness (QED) is 0.499. The van der Waals surface area contributed by atoms with Gasteiger partial charge < -0.3 is 11.1 Å². The van der Waals surface area contributed by atoms with Crippen LogP contribution in [0.1, 0.15) is 34.6 Å². The van der Waals surface area contributed by atoms with Crippen LogP contribution in [0.5, 0.6) is 0 Å². The van der Waals surface area contributed by atoms with E-state index in [-0.39, 0.29) is 12.2 Å². The molecule has 5 heteroatoms. The Hall–Kier alpha value is -3.05. The Morgan fingerprint density at radius 2 is 1.72 bits per heavy atom. The standard InChI is InChI=1S/C24H26N4O/c25-22-7-6-19(18-4-2-1-3-5-18)13-20(22)14-23(29)21-15-27-24(28-16-21)12-17-8-10-26-11-9-17/h1-7,13,15-17,26H,8-12,14,25H2. The van der Waals surface area contributed by atoms with Crippen molar-refractivity contribution in [1.29, 1.82) is 0 Å². The molecular formula is C24H26N4O. The van der Waals surface area contributed by atoms with Crippen molar-refractivity contribution >= 4 is 11.5 Å². The summed E-state index contributed by atoms with van der Waals surface area (Å²) in [4.78, 5) is 21.7. The average Bonchev–Trinajstić information content (AvgIpc) is 2.77. The van der Waals surface area contributed by atoms with Gasteiger partial charge in [-0.15, -0.1) is 0 Å². The van der Waals surface area contributed by atoms with Crippen molar-refractivity contribution in [3.05, 3.63) is 77.9 Å². The molecule has 0 aliphatic carbocycles. The Kier molecular flexibility index (Phi) is 5.96. The number of ketones is 1. The SMILES string of the molecule is Nc1ccc(-c2ccccc2)cc1CC(=O)c1cnc(CC2CCNCC2)nc1. The lowest BCUT2D eigenvalue weighted by molar-refractivity contribution is 0.0992. The van der Waals surface area contributed by atoms with Gasteiger partial charge in [-0.2, -0.15) is 0 Å². The molecule has 5 nitrogen and oxygen atoms in total. The Labute approximate surface area is 171 Å². The first-order chi connectivity index (χ1) is 14.2. The molecule has 3 aromatic rings. The lowest BCUT2D eigenvalue weighted by atomic mass is 9.94. The van der Waals surface area contributed by atoms with Crippen molar-refractivity contribution < 1.29 is 4.79 Å². The van der Waals surface area contributed by atoms with E-state index >= 15 is 0 Å². The first-order valence-corrected chi connectivity index (χ1v) is 10.2. The summed E-state index contributed by atoms with van der Waals surface area (Å²) in [6.07, 6.45) is 6.74. The normalized spacial score (nSPS) is 14.6. The molecule has 0 unspecified atom stereocenters. The van der Waals surface area contributed by atoms with Crippen molar-refractivity contribution in [3.8, 4) is 11.1 Å². The highest BCUT2D eigenvalue weighted by Gasteiger charge is 2.16. The number of benzene rings is 2. The van der Waals surface area contributed by atoms with Crippen LogP contribution in [0, 0.1) is 5.92 Å². The van der Waals surface area contributed by atoms with Crippen LogP contribution in [-0.2, 0) is 12.8 Å². The zero-order valence-corrected chi connectivity index (χ0v) is 16.5. The molecule has 1 aliphatic heterocycles. The molecule has 2 heterocycles. The fraction of sp³-hybridized carbons (Fsp3) is 0.292. The van der Waals surface area contributed by atoms with E-state index in [4.69, 9.17) is 5.73 Å². The van der Waals surface area contributed by atoms with Gasteiger partial charge in [-0.1, -0.05) is 36.4 Å². The number of hydrogen-bond donors (Lipinski definition) is 2. The van der Waals surface area contributed by atoms with E-state index in [0.717, 1.165) is 54.9 Å². The average molecular weight is 386 g/mol. The minimum atomic E-state index is -0.0182. The van der Waals surface area contributed by atoms with Crippen LogP contribution in [0.4, 0.5) is 5.69 Å². The second-order valence-electron chi connectivity index (χ2n) is 7.67. The van der Waals surface area contributed by atoms with E-state index in [1.54, 1.807) is 12.4 Å². The number of anilines is 1. The maximum atomic E-state index is 12.8. The monoisotopic (exact) mass is 386 g/mol. The van der Waals surface area contributed by atoms with E-state index in [1.807, 2.05) is 48.5 Å². The summed E-state index contributed by atoms with van der Waals surface area (Å²) in [6.45, 7) is 2.12. The molecule has 0 saturated carbocycles. The number of carbonyl (C=O) groups excluding carboxylic acids is 1. The number of nitrogen functional groups attached to an aromatic ring is 1. The summed E-state index contributed by atoms with van der Waals surface area (Å²) in [5, 5.41) is 3.37. The molecule has 2 aromatic carbocycles. The van der Waals surface area contributed by atoms with Crippen LogP contribution in [-0.4, -0.2) is 28.8 Å². The molecule has 4 rings (SSSR count). The van der Waals surface area contributed by atoms with Gasteiger partial charge in [-0.05, 0) is 60.7 Å². The number of nitrogens with one attached hydrogen (secondary N) is 1. The highest BCUT2D eigenvalue weighted by atomic mass is 16.1. The fourth-order valence-corrected chi connectivity index (χ4v) is 3.79. The zero-order valence-electron chi connectivity index (χ0n) is 16.5. The molecule has 0 atom stereocenters. The van der Waals surface area contributed by atoms with E-state index in [0.29, 0.717) is 17.2 Å². The molecule has 1 aromatic heterocycles. The van der Waals surface area contributed by atoms with Crippen LogP contribution in [0.25, 0.3) is 11.1 Å². The summed E-state index contributed by atoms with van der Waals surface area (Å²) in [5.41, 5.74) is 10.3. The molecule has 0 bridgehead atoms. The number of nitrogens with two attached hydrogens (primary N) is 1. The molecule has 1 fully saturated rings. The number of piperidine rings is 1. The van der Waals surface area contributed by atoms with Crippen molar-refractivity contribution in [2.45, 2.75) is 25.7 Å². The molecule has 29 heavy (non-hydrogen) atoms. The Bertz CT molecular complexity index is 964. The number of rotatable bonds is 6. The van der Waals surface area contributed by atoms with Crippen molar-refractivity contribution in [3.63, 3.8) is 0 Å². The molecule has 0 amide bonds. The van der Waals surface area contributed by atoms with Gasteiger partial charge in [0.05, 0.1) is 5.56 Å². The van der Waals surface area contributed by atoms with Crippen LogP contribution >= 0.6 is 0 Å². The third-order valence-electron chi connectivity index (χ3n) is 5.56. The molecule has 0 spiro atoms. The molecule has 3 N–H and O–H groups in total. The van der Waals surface area contributed by atoms with E-state index in [1.165, 1.54) is 0 Å². The topological polar surface area (TPSA) is 80.9 Å². The van der Waals surface area contributed by atoms with Crippen molar-refractivity contribution in [1.82, 2.24) is 15.3 Å². The number of Topliss-reactive ketones (excluding diaryl/α,β-unsaturated/α-hetero) is 1. The van der Waals surface area contributed by atoms with Crippen LogP contribution in [0.3, 0.4) is 0 Å². The Balaban J connectivity index is 1.45. The van der Waals surface area contributed by atoms with E-state index in [9.17, 15) is 4.79 Å². The van der Waals surface area contributed by atoms with E-state index < -0.39 is 0 Å². The first-order valence-electron chi connectivity index (χ1n) is 10.2. The predicted molar refractivity (Wildman–Crippen MR) is 116 cm³/mol. The van der Waals surface area contributed by atoms with Crippen LogP contribution < -0.4 is 11.1 Å². The van der Waals surface area contributed by atoms with Gasteiger partial charge in [0, 0.05) is 30.9 Å². The lowest BCUT2D eigenvalue weighted by Crippen LogP contribution is -2.29. The zero-order chi connectivity index (χ0) is 20.1. The highest BCUT2D eigenvalue weighted by molar-refractivity contribution is 5.97. The van der Waals surface area contributed by atoms with Gasteiger partial charge in [0.15, 0.2) is 5.78 Å². The van der Waals surface area contributed by atoms with Gasteiger partial charge >= 0.3 is 0 Å². The minimum Gasteiger partial charge on any atom is -0.398 e. The van der Waals surface area contributed by atoms with Gasteiger partial charge in [-0.3, -0.25) is 4.79 Å². The summed E-state index contributed by atoms with van der Waals surface area (Å²) < 4.78 is 0. The Morgan fingerprint density at radius 3 is 2.45 bits per heavy atom. The maximum absolute atomic E-state index is 12.8. The number of aromatic nitrogens is 2. The first kappa shape index (κ1) is 19.3. The van der Waals surface area contributed by atoms with Crippen molar-refractivity contribution in [2.24, 2.45) is 5.92 Å². The lowest BCUT2D eigenvalue weighted by Gasteiger charge is -2.21. The van der Waals surface area contributed by atoms with Gasteiger partial charge in [0.1, 0.15) is 5.82 Å². The summed E-state index contributed by atoms with van der Waals surface area (Å²) >= 11 is 0. The summed E-state index contributed by atoms with van der Waals surface area (Å²) in [5.74, 6) is 1.42. The molecule has 148 valence electrons. The van der Waals surface area contributed by atoms with Gasteiger partial charge in [0.2, 0.25) is 0 Å². The third-order valence-corrected chi connectivity index (χ3v) is 5.56. The maximum Gasteiger partial charge on any atom is 0.170 e. The molecule has 0 radical (unpaired) electrons. The van der Waals surface area contributed by atoms with E-state index in [2.05, 4.69) is 15.3 Å². The number of hydrogen-bond acceptors (Lipinski definition) is 5. The van der Waals surface area contributed by atoms with Gasteiger partial charge in [0.25, 0.3) is 0 Å². The second-order valence-corrected chi connectivity index (χ2v) is 7.67. The molecular weight excluding hydrogens is 360 g/mol. The summed E-state index contributed by atoms with van der Waals surface area (Å²) in [7, 11) is 0. The molecule has 1 saturated heterocycles. The molecule has 1 aliphatic rings. The smallest absolute Gasteiger partial charge is 0.170 e. The van der Waals surface area contributed by atoms with Crippen LogP contribution in [0.2, 0.25) is 0 Å². The van der Waals surface area contributed by atoms with Crippen LogP contribution in [0.15, 0.2) is 60.9 Å². The largest absolute Gasteiger partial charge is 0.398 e. The summed E-state index contributed by atoms with van der Waals surface area (Å²) in [6, 6.07) is 15.9. The Morgan fingerprint density at radius 1 is 1.00 bits per heavy atom. The minimum absolute atomic E-state index is 0.0182. The number of nitrogens with zero attached hydrogens (tertiary/aromatic N) is 2. The number of carbonyl (C=O) groups is 1.